The van der Waals surface area contributed by atoms with Crippen LogP contribution in [0.15, 0.2) is 18.2 Å². The van der Waals surface area contributed by atoms with Crippen LogP contribution in [0.2, 0.25) is 0 Å². The standard InChI is InChI=1S/C21H26N4O4/c22-6-15-9-24(10-21(15)11-29-12-21)7-13-1-2-16-14(5-13)8-25(20(16)28)17-3-4-18(26)23-19(17)27/h1-2,5,15,17H,3-4,6-12,22H2,(H,23,26,27). The highest BCUT2D eigenvalue weighted by Crippen LogP contribution is 2.42. The van der Waals surface area contributed by atoms with Gasteiger partial charge in [-0.25, -0.2) is 0 Å². The van der Waals surface area contributed by atoms with E-state index >= 15 is 0 Å². The fourth-order valence-corrected chi connectivity index (χ4v) is 5.26. The Bertz CT molecular complexity index is 881. The maximum Gasteiger partial charge on any atom is 0.255 e. The summed E-state index contributed by atoms with van der Waals surface area (Å²) in [5.74, 6) is -0.305. The summed E-state index contributed by atoms with van der Waals surface area (Å²) in [6, 6.07) is 5.39. The van der Waals surface area contributed by atoms with Crippen LogP contribution >= 0.6 is 0 Å². The van der Waals surface area contributed by atoms with Crippen LogP contribution in [-0.2, 0) is 27.4 Å². The summed E-state index contributed by atoms with van der Waals surface area (Å²) in [6.45, 7) is 5.47. The van der Waals surface area contributed by atoms with Gasteiger partial charge in [0.2, 0.25) is 11.8 Å². The summed E-state index contributed by atoms with van der Waals surface area (Å²) in [6.07, 6.45) is 0.653. The number of hydrogen-bond acceptors (Lipinski definition) is 6. The molecule has 3 N–H and O–H groups in total. The molecule has 0 radical (unpaired) electrons. The molecule has 0 bridgehead atoms. The number of carbonyl (C=O) groups is 3. The van der Waals surface area contributed by atoms with Gasteiger partial charge in [-0.15, -0.1) is 0 Å². The van der Waals surface area contributed by atoms with Gasteiger partial charge in [-0.2, -0.15) is 0 Å². The van der Waals surface area contributed by atoms with E-state index in [0.717, 1.165) is 44.0 Å². The molecular formula is C21H26N4O4. The number of piperidine rings is 1. The van der Waals surface area contributed by atoms with E-state index in [9.17, 15) is 14.4 Å². The third-order valence-electron chi connectivity index (χ3n) is 6.94. The van der Waals surface area contributed by atoms with E-state index in [2.05, 4.69) is 16.3 Å². The van der Waals surface area contributed by atoms with E-state index in [-0.39, 0.29) is 29.6 Å². The van der Waals surface area contributed by atoms with Gasteiger partial charge in [0.15, 0.2) is 0 Å². The number of ether oxygens (including phenoxy) is 1. The average Bonchev–Trinajstić information content (AvgIpc) is 3.20. The number of hydrogen-bond donors (Lipinski definition) is 2. The number of imide groups is 1. The first kappa shape index (κ1) is 18.7. The summed E-state index contributed by atoms with van der Waals surface area (Å²) in [5.41, 5.74) is 8.97. The van der Waals surface area contributed by atoms with Crippen LogP contribution in [0.4, 0.5) is 0 Å². The maximum absolute atomic E-state index is 12.8. The van der Waals surface area contributed by atoms with Crippen molar-refractivity contribution in [3.05, 3.63) is 34.9 Å². The van der Waals surface area contributed by atoms with Gasteiger partial charge in [-0.05, 0) is 36.1 Å². The van der Waals surface area contributed by atoms with Crippen molar-refractivity contribution in [1.82, 2.24) is 15.1 Å². The molecule has 1 spiro atoms. The minimum absolute atomic E-state index is 0.129. The number of nitrogens with two attached hydrogens (primary N) is 1. The molecule has 4 aliphatic rings. The molecule has 3 fully saturated rings. The Hall–Kier alpha value is -2.29. The Morgan fingerprint density at radius 3 is 2.72 bits per heavy atom. The predicted octanol–water partition coefficient (Wildman–Crippen LogP) is -0.145. The molecule has 2 unspecified atom stereocenters. The highest BCUT2D eigenvalue weighted by molar-refractivity contribution is 6.05. The van der Waals surface area contributed by atoms with Crippen LogP contribution in [0.5, 0.6) is 0 Å². The number of benzene rings is 1. The molecule has 0 aromatic heterocycles. The molecule has 4 aliphatic heterocycles. The van der Waals surface area contributed by atoms with E-state index in [1.165, 1.54) is 0 Å². The van der Waals surface area contributed by atoms with Gasteiger partial charge in [0, 0.05) is 43.6 Å². The summed E-state index contributed by atoms with van der Waals surface area (Å²) in [7, 11) is 0. The molecule has 8 nitrogen and oxygen atoms in total. The quantitative estimate of drug-likeness (QED) is 0.684. The average molecular weight is 398 g/mol. The van der Waals surface area contributed by atoms with Crippen molar-refractivity contribution in [3.63, 3.8) is 0 Å². The minimum atomic E-state index is -0.571. The van der Waals surface area contributed by atoms with Crippen molar-refractivity contribution in [2.75, 3.05) is 32.8 Å². The molecule has 0 saturated carbocycles. The van der Waals surface area contributed by atoms with Gasteiger partial charge in [0.1, 0.15) is 6.04 Å². The molecule has 0 aliphatic carbocycles. The number of likely N-dealkylation sites (tertiary alicyclic amines) is 1. The van der Waals surface area contributed by atoms with E-state index in [0.29, 0.717) is 31.0 Å². The summed E-state index contributed by atoms with van der Waals surface area (Å²) < 4.78 is 5.47. The highest BCUT2D eigenvalue weighted by atomic mass is 16.5. The fourth-order valence-electron chi connectivity index (χ4n) is 5.26. The van der Waals surface area contributed by atoms with Gasteiger partial charge in [0.05, 0.1) is 13.2 Å². The van der Waals surface area contributed by atoms with Crippen molar-refractivity contribution >= 4 is 17.7 Å². The SMILES string of the molecule is NCC1CN(Cc2ccc3c(c2)CN(C2CCC(=O)NC2=O)C3=O)CC12COC2. The molecule has 4 heterocycles. The van der Waals surface area contributed by atoms with Gasteiger partial charge in [-0.3, -0.25) is 24.6 Å². The molecule has 154 valence electrons. The molecule has 3 amide bonds. The Balaban J connectivity index is 1.29. The van der Waals surface area contributed by atoms with E-state index < -0.39 is 6.04 Å². The van der Waals surface area contributed by atoms with Crippen LogP contribution in [0.1, 0.15) is 34.3 Å². The van der Waals surface area contributed by atoms with Crippen LogP contribution < -0.4 is 11.1 Å². The summed E-state index contributed by atoms with van der Waals surface area (Å²) in [4.78, 5) is 40.4. The van der Waals surface area contributed by atoms with Crippen LogP contribution in [-0.4, -0.2) is 66.4 Å². The summed E-state index contributed by atoms with van der Waals surface area (Å²) in [5, 5.41) is 2.34. The van der Waals surface area contributed by atoms with Crippen molar-refractivity contribution in [2.45, 2.75) is 32.0 Å². The smallest absolute Gasteiger partial charge is 0.255 e. The Morgan fingerprint density at radius 2 is 2.07 bits per heavy atom. The number of rotatable bonds is 4. The monoisotopic (exact) mass is 398 g/mol. The van der Waals surface area contributed by atoms with E-state index in [1.807, 2.05) is 12.1 Å². The zero-order chi connectivity index (χ0) is 20.2. The highest BCUT2D eigenvalue weighted by Gasteiger charge is 2.51. The largest absolute Gasteiger partial charge is 0.380 e. The van der Waals surface area contributed by atoms with Crippen LogP contribution in [0.3, 0.4) is 0 Å². The molecule has 5 rings (SSSR count). The molecule has 3 saturated heterocycles. The first-order valence-corrected chi connectivity index (χ1v) is 10.3. The number of carbonyl (C=O) groups excluding carboxylic acids is 3. The Kier molecular flexibility index (Phi) is 4.45. The molecule has 1 aromatic rings. The number of nitrogens with one attached hydrogen (secondary N) is 1. The second-order valence-electron chi connectivity index (χ2n) is 8.85. The number of amides is 3. The topological polar surface area (TPSA) is 105 Å². The number of fused-ring (bicyclic) bond motifs is 1. The summed E-state index contributed by atoms with van der Waals surface area (Å²) >= 11 is 0. The lowest BCUT2D eigenvalue weighted by Crippen LogP contribution is -2.52. The lowest BCUT2D eigenvalue weighted by molar-refractivity contribution is -0.136. The van der Waals surface area contributed by atoms with Gasteiger partial charge < -0.3 is 15.4 Å². The fraction of sp³-hybridized carbons (Fsp3) is 0.571. The van der Waals surface area contributed by atoms with E-state index in [4.69, 9.17) is 10.5 Å². The molecule has 8 heteroatoms. The third kappa shape index (κ3) is 3.06. The minimum Gasteiger partial charge on any atom is -0.380 e. The molecule has 1 aromatic carbocycles. The van der Waals surface area contributed by atoms with Gasteiger partial charge in [-0.1, -0.05) is 12.1 Å². The van der Waals surface area contributed by atoms with E-state index in [1.54, 1.807) is 4.90 Å². The van der Waals surface area contributed by atoms with Gasteiger partial charge >= 0.3 is 0 Å². The lowest BCUT2D eigenvalue weighted by Gasteiger charge is -2.42. The second kappa shape index (κ2) is 6.90. The zero-order valence-electron chi connectivity index (χ0n) is 16.4. The maximum atomic E-state index is 12.8. The predicted molar refractivity (Wildman–Crippen MR) is 104 cm³/mol. The Labute approximate surface area is 169 Å². The van der Waals surface area contributed by atoms with Crippen molar-refractivity contribution in [1.29, 1.82) is 0 Å². The van der Waals surface area contributed by atoms with Crippen molar-refractivity contribution in [3.8, 4) is 0 Å². The van der Waals surface area contributed by atoms with Crippen molar-refractivity contribution < 1.29 is 19.1 Å². The first-order valence-electron chi connectivity index (χ1n) is 10.3. The molecular weight excluding hydrogens is 372 g/mol. The van der Waals surface area contributed by atoms with Gasteiger partial charge in [0.25, 0.3) is 5.91 Å². The lowest BCUT2D eigenvalue weighted by atomic mass is 9.76. The second-order valence-corrected chi connectivity index (χ2v) is 8.85. The molecule has 2 atom stereocenters. The van der Waals surface area contributed by atoms with Crippen molar-refractivity contribution in [2.24, 2.45) is 17.1 Å². The number of nitrogens with zero attached hydrogens (tertiary/aromatic N) is 2. The molecule has 29 heavy (non-hydrogen) atoms. The Morgan fingerprint density at radius 1 is 1.24 bits per heavy atom. The van der Waals surface area contributed by atoms with Crippen LogP contribution in [0, 0.1) is 11.3 Å². The first-order chi connectivity index (χ1) is 14.0. The normalized spacial score (nSPS) is 28.6. The zero-order valence-corrected chi connectivity index (χ0v) is 16.4. The van der Waals surface area contributed by atoms with Crippen LogP contribution in [0.25, 0.3) is 0 Å². The third-order valence-corrected chi connectivity index (χ3v) is 6.94.